The Labute approximate surface area is 143 Å². The first-order valence-electron chi connectivity index (χ1n) is 8.74. The molecule has 1 aromatic carbocycles. The number of amides is 1. The number of phenolic OH excluding ortho intramolecular Hbond substituents is 1. The van der Waals surface area contributed by atoms with Crippen LogP contribution in [0.15, 0.2) is 0 Å². The van der Waals surface area contributed by atoms with Gasteiger partial charge in [-0.15, -0.1) is 0 Å². The van der Waals surface area contributed by atoms with E-state index in [1.165, 1.54) is 0 Å². The van der Waals surface area contributed by atoms with Gasteiger partial charge in [0, 0.05) is 25.1 Å². The third-order valence-electron chi connectivity index (χ3n) is 5.51. The molecule has 2 N–H and O–H groups in total. The first kappa shape index (κ1) is 17.1. The zero-order valence-corrected chi connectivity index (χ0v) is 15.0. The van der Waals surface area contributed by atoms with Crippen molar-refractivity contribution in [2.45, 2.75) is 65.1 Å². The lowest BCUT2D eigenvalue weighted by atomic mass is 9.86. The Morgan fingerprint density at radius 3 is 2.71 bits per heavy atom. The maximum absolute atomic E-state index is 12.7. The number of carbonyl (C=O) groups excluding carboxylic acids is 1. The van der Waals surface area contributed by atoms with Gasteiger partial charge in [-0.25, -0.2) is 0 Å². The summed E-state index contributed by atoms with van der Waals surface area (Å²) in [4.78, 5) is 12.7. The number of phenols is 1. The van der Waals surface area contributed by atoms with Crippen LogP contribution in [-0.2, 0) is 16.0 Å². The number of fused-ring (bicyclic) bond motifs is 1. The van der Waals surface area contributed by atoms with Crippen molar-refractivity contribution in [1.29, 1.82) is 0 Å². The molecular formula is C19H27NO4. The summed E-state index contributed by atoms with van der Waals surface area (Å²) in [6.07, 6.45) is 3.50. The third-order valence-corrected chi connectivity index (χ3v) is 5.51. The molecule has 3 rings (SSSR count). The molecule has 2 atom stereocenters. The van der Waals surface area contributed by atoms with E-state index in [0.29, 0.717) is 18.7 Å². The normalized spacial score (nSPS) is 25.9. The number of benzene rings is 1. The molecule has 0 aliphatic carbocycles. The maximum Gasteiger partial charge on any atom is 0.264 e. The number of nitrogens with one attached hydrogen (secondary N) is 1. The van der Waals surface area contributed by atoms with Crippen LogP contribution in [0, 0.1) is 20.8 Å². The van der Waals surface area contributed by atoms with Crippen LogP contribution in [0.4, 0.5) is 0 Å². The van der Waals surface area contributed by atoms with Crippen molar-refractivity contribution in [1.82, 2.24) is 5.32 Å². The Bertz CT molecular complexity index is 664. The average Bonchev–Trinajstić information content (AvgIpc) is 3.09. The van der Waals surface area contributed by atoms with Crippen LogP contribution >= 0.6 is 0 Å². The molecule has 1 aromatic rings. The van der Waals surface area contributed by atoms with Crippen LogP contribution in [0.2, 0.25) is 0 Å². The van der Waals surface area contributed by atoms with Crippen molar-refractivity contribution in [3.05, 3.63) is 22.3 Å². The van der Waals surface area contributed by atoms with Gasteiger partial charge < -0.3 is 19.9 Å². The van der Waals surface area contributed by atoms with E-state index in [9.17, 15) is 9.90 Å². The van der Waals surface area contributed by atoms with Crippen LogP contribution in [0.3, 0.4) is 0 Å². The van der Waals surface area contributed by atoms with Gasteiger partial charge in [-0.05, 0) is 63.6 Å². The lowest BCUT2D eigenvalue weighted by Gasteiger charge is -2.36. The predicted molar refractivity (Wildman–Crippen MR) is 91.7 cm³/mol. The monoisotopic (exact) mass is 333 g/mol. The SMILES string of the molecule is Cc1c(C)c2c(c(C)c1O)CCC(C)(C(=O)NCC1CCCO1)O2. The molecule has 1 fully saturated rings. The van der Waals surface area contributed by atoms with E-state index in [1.54, 1.807) is 0 Å². The largest absolute Gasteiger partial charge is 0.507 e. The highest BCUT2D eigenvalue weighted by Gasteiger charge is 2.41. The number of hydrogen-bond acceptors (Lipinski definition) is 4. The van der Waals surface area contributed by atoms with E-state index >= 15 is 0 Å². The second-order valence-corrected chi connectivity index (χ2v) is 7.21. The highest BCUT2D eigenvalue weighted by Crippen LogP contribution is 2.43. The van der Waals surface area contributed by atoms with Gasteiger partial charge in [0.05, 0.1) is 6.10 Å². The Hall–Kier alpha value is -1.75. The Morgan fingerprint density at radius 1 is 1.29 bits per heavy atom. The number of carbonyl (C=O) groups is 1. The Morgan fingerprint density at radius 2 is 2.04 bits per heavy atom. The molecule has 132 valence electrons. The first-order chi connectivity index (χ1) is 11.3. The third kappa shape index (κ3) is 2.86. The van der Waals surface area contributed by atoms with Gasteiger partial charge in [-0.1, -0.05) is 0 Å². The molecule has 0 aromatic heterocycles. The fraction of sp³-hybridized carbons (Fsp3) is 0.632. The van der Waals surface area contributed by atoms with E-state index in [4.69, 9.17) is 9.47 Å². The lowest BCUT2D eigenvalue weighted by molar-refractivity contribution is -0.137. The highest BCUT2D eigenvalue weighted by molar-refractivity contribution is 5.85. The summed E-state index contributed by atoms with van der Waals surface area (Å²) in [5.74, 6) is 0.997. The van der Waals surface area contributed by atoms with E-state index < -0.39 is 5.60 Å². The quantitative estimate of drug-likeness (QED) is 0.892. The van der Waals surface area contributed by atoms with Crippen molar-refractivity contribution >= 4 is 5.91 Å². The maximum atomic E-state index is 12.7. The summed E-state index contributed by atoms with van der Waals surface area (Å²) in [5, 5.41) is 13.2. The lowest BCUT2D eigenvalue weighted by Crippen LogP contribution is -2.52. The zero-order chi connectivity index (χ0) is 17.5. The first-order valence-corrected chi connectivity index (χ1v) is 8.74. The van der Waals surface area contributed by atoms with Gasteiger partial charge in [-0.3, -0.25) is 4.79 Å². The van der Waals surface area contributed by atoms with E-state index in [-0.39, 0.29) is 12.0 Å². The minimum absolute atomic E-state index is 0.0913. The van der Waals surface area contributed by atoms with Crippen LogP contribution in [-0.4, -0.2) is 35.9 Å². The number of aromatic hydroxyl groups is 1. The van der Waals surface area contributed by atoms with E-state index in [1.807, 2.05) is 27.7 Å². The molecule has 5 heteroatoms. The predicted octanol–water partition coefficient (Wildman–Crippen LogP) is 2.70. The molecule has 2 aliphatic heterocycles. The van der Waals surface area contributed by atoms with E-state index in [2.05, 4.69) is 5.32 Å². The molecule has 0 spiro atoms. The van der Waals surface area contributed by atoms with Crippen molar-refractivity contribution in [3.63, 3.8) is 0 Å². The number of rotatable bonds is 3. The molecule has 24 heavy (non-hydrogen) atoms. The molecule has 2 unspecified atom stereocenters. The average molecular weight is 333 g/mol. The fourth-order valence-corrected chi connectivity index (χ4v) is 3.61. The van der Waals surface area contributed by atoms with Crippen LogP contribution in [0.25, 0.3) is 0 Å². The Balaban J connectivity index is 1.78. The molecule has 0 radical (unpaired) electrons. The summed E-state index contributed by atoms with van der Waals surface area (Å²) in [5.41, 5.74) is 2.71. The number of hydrogen-bond donors (Lipinski definition) is 2. The molecular weight excluding hydrogens is 306 g/mol. The smallest absolute Gasteiger partial charge is 0.264 e. The van der Waals surface area contributed by atoms with Gasteiger partial charge >= 0.3 is 0 Å². The topological polar surface area (TPSA) is 67.8 Å². The number of ether oxygens (including phenoxy) is 2. The van der Waals surface area contributed by atoms with Crippen LogP contribution < -0.4 is 10.1 Å². The van der Waals surface area contributed by atoms with Crippen LogP contribution in [0.1, 0.15) is 48.4 Å². The van der Waals surface area contributed by atoms with Gasteiger partial charge in [0.2, 0.25) is 0 Å². The van der Waals surface area contributed by atoms with E-state index in [0.717, 1.165) is 53.9 Å². The molecule has 0 bridgehead atoms. The molecule has 1 saturated heterocycles. The second kappa shape index (κ2) is 6.28. The molecule has 2 aliphatic rings. The molecule has 5 nitrogen and oxygen atoms in total. The standard InChI is InChI=1S/C19H27NO4/c1-11-12(2)17-15(13(3)16(11)21)7-8-19(4,24-17)18(22)20-10-14-6-5-9-23-14/h14,21H,5-10H2,1-4H3,(H,20,22). The summed E-state index contributed by atoms with van der Waals surface area (Å²) < 4.78 is 11.7. The summed E-state index contributed by atoms with van der Waals surface area (Å²) in [6, 6.07) is 0. The molecule has 0 saturated carbocycles. The minimum Gasteiger partial charge on any atom is -0.507 e. The fourth-order valence-electron chi connectivity index (χ4n) is 3.61. The Kier molecular flexibility index (Phi) is 4.47. The highest BCUT2D eigenvalue weighted by atomic mass is 16.5. The van der Waals surface area contributed by atoms with Gasteiger partial charge in [0.25, 0.3) is 5.91 Å². The van der Waals surface area contributed by atoms with Crippen molar-refractivity contribution in [3.8, 4) is 11.5 Å². The zero-order valence-electron chi connectivity index (χ0n) is 15.0. The molecule has 2 heterocycles. The van der Waals surface area contributed by atoms with Gasteiger partial charge in [-0.2, -0.15) is 0 Å². The van der Waals surface area contributed by atoms with Crippen LogP contribution in [0.5, 0.6) is 11.5 Å². The summed E-state index contributed by atoms with van der Waals surface area (Å²) in [7, 11) is 0. The van der Waals surface area contributed by atoms with Crippen molar-refractivity contribution in [2.75, 3.05) is 13.2 Å². The molecule has 1 amide bonds. The van der Waals surface area contributed by atoms with Gasteiger partial charge in [0.15, 0.2) is 5.60 Å². The second-order valence-electron chi connectivity index (χ2n) is 7.21. The summed E-state index contributed by atoms with van der Waals surface area (Å²) in [6.45, 7) is 8.89. The minimum atomic E-state index is -0.883. The van der Waals surface area contributed by atoms with Crippen molar-refractivity contribution < 1.29 is 19.4 Å². The summed E-state index contributed by atoms with van der Waals surface area (Å²) >= 11 is 0. The van der Waals surface area contributed by atoms with Crippen molar-refractivity contribution in [2.24, 2.45) is 0 Å². The van der Waals surface area contributed by atoms with Gasteiger partial charge in [0.1, 0.15) is 11.5 Å².